The van der Waals surface area contributed by atoms with Crippen LogP contribution >= 0.6 is 0 Å². The van der Waals surface area contributed by atoms with Gasteiger partial charge in [0.05, 0.1) is 26.2 Å². The van der Waals surface area contributed by atoms with Gasteiger partial charge < -0.3 is 9.80 Å². The van der Waals surface area contributed by atoms with Crippen molar-refractivity contribution in [3.63, 3.8) is 0 Å². The molecular weight excluding hydrogens is 576 g/mol. The van der Waals surface area contributed by atoms with Crippen LogP contribution in [0.25, 0.3) is 0 Å². The lowest BCUT2D eigenvalue weighted by Crippen LogP contribution is -2.37. The first kappa shape index (κ1) is 32.9. The van der Waals surface area contributed by atoms with E-state index in [1.165, 1.54) is 22.5 Å². The van der Waals surface area contributed by atoms with Crippen LogP contribution in [0, 0.1) is 27.7 Å². The van der Waals surface area contributed by atoms with Crippen LogP contribution in [0.4, 0.5) is 34.6 Å². The normalized spacial score (nSPS) is 14.5. The Morgan fingerprint density at radius 1 is 0.565 bits per heavy atom. The maximum Gasteiger partial charge on any atom is 0.403 e. The molecule has 0 radical (unpaired) electrons. The predicted molar refractivity (Wildman–Crippen MR) is 181 cm³/mol. The predicted octanol–water partition coefficient (Wildman–Crippen LogP) is 6.91. The number of nitrogens with zero attached hydrogens (tertiary/aromatic N) is 12. The molecule has 46 heavy (non-hydrogen) atoms. The summed E-state index contributed by atoms with van der Waals surface area (Å²) in [6.45, 7) is 24.1. The van der Waals surface area contributed by atoms with Gasteiger partial charge in [-0.25, -0.2) is 9.13 Å². The van der Waals surface area contributed by atoms with Crippen LogP contribution < -0.4 is 18.9 Å². The Hall–Kier alpha value is -4.48. The van der Waals surface area contributed by atoms with Gasteiger partial charge in [0.25, 0.3) is 0 Å². The van der Waals surface area contributed by atoms with Crippen LogP contribution in [0.15, 0.2) is 57.4 Å². The number of rotatable bonds is 10. The molecule has 3 heterocycles. The molecule has 1 aliphatic heterocycles. The lowest BCUT2D eigenvalue weighted by molar-refractivity contribution is -0.681. The smallest absolute Gasteiger partial charge is 0.371 e. The van der Waals surface area contributed by atoms with Crippen molar-refractivity contribution in [1.29, 1.82) is 0 Å². The highest BCUT2D eigenvalue weighted by molar-refractivity contribution is 5.64. The first-order chi connectivity index (χ1) is 22.3. The Labute approximate surface area is 273 Å². The number of benzene rings is 2. The summed E-state index contributed by atoms with van der Waals surface area (Å²) in [7, 11) is 0. The maximum absolute atomic E-state index is 4.65. The van der Waals surface area contributed by atoms with Crippen molar-refractivity contribution in [2.75, 3.05) is 36.0 Å². The van der Waals surface area contributed by atoms with E-state index in [1.807, 2.05) is 31.2 Å². The Bertz CT molecular complexity index is 1540. The van der Waals surface area contributed by atoms with Crippen molar-refractivity contribution in [1.82, 2.24) is 19.6 Å². The summed E-state index contributed by atoms with van der Waals surface area (Å²) in [5.41, 5.74) is 9.11. The zero-order chi connectivity index (χ0) is 32.8. The fraction of sp³-hybridized carbons (Fsp3) is 0.529. The SMILES string of the molecule is CCn1nc[n+](CC)c1N=Nc1cc(C)c(N2CCCN(c3cc(C)c(N=Nc4n(CC)nc[n+]4CC)cc3C)CCC2)cc1C. The summed E-state index contributed by atoms with van der Waals surface area (Å²) in [4.78, 5) is 5.09. The number of aromatic nitrogens is 6. The van der Waals surface area contributed by atoms with Gasteiger partial charge in [-0.3, -0.25) is 0 Å². The highest BCUT2D eigenvalue weighted by atomic mass is 15.4. The molecule has 0 saturated carbocycles. The van der Waals surface area contributed by atoms with Crippen molar-refractivity contribution < 1.29 is 9.13 Å². The molecule has 2 aromatic carbocycles. The third-order valence-electron chi connectivity index (χ3n) is 8.83. The standard InChI is InChI=1S/C34H50N12/c1-9-41-23-35-45(11-3)33(41)39-37-29-19-27(7)31(21-25(29)5)43-15-13-17-44(18-14-16-43)32-22-26(6)30(20-28(32)8)38-40-34-42(10-2)24-36-46(34)12-4/h19-24H,9-18H2,1-8H3/q+2. The van der Waals surface area contributed by atoms with Crippen LogP contribution in [0.5, 0.6) is 0 Å². The third-order valence-corrected chi connectivity index (χ3v) is 8.83. The van der Waals surface area contributed by atoms with E-state index in [2.05, 4.69) is 120 Å². The monoisotopic (exact) mass is 626 g/mol. The Morgan fingerprint density at radius 3 is 1.30 bits per heavy atom. The van der Waals surface area contributed by atoms with Crippen LogP contribution in [0.2, 0.25) is 0 Å². The number of hydrogen-bond acceptors (Lipinski definition) is 8. The van der Waals surface area contributed by atoms with Gasteiger partial charge in [-0.1, -0.05) is 10.2 Å². The molecule has 0 amide bonds. The van der Waals surface area contributed by atoms with E-state index in [-0.39, 0.29) is 0 Å². The molecular formula is C34H50N12+2. The zero-order valence-electron chi connectivity index (χ0n) is 28.9. The molecule has 0 bridgehead atoms. The van der Waals surface area contributed by atoms with E-state index < -0.39 is 0 Å². The van der Waals surface area contributed by atoms with Gasteiger partial charge in [0.2, 0.25) is 12.7 Å². The number of anilines is 2. The number of aryl methyl sites for hydroxylation is 8. The molecule has 5 rings (SSSR count). The summed E-state index contributed by atoms with van der Waals surface area (Å²) < 4.78 is 7.78. The van der Waals surface area contributed by atoms with E-state index in [9.17, 15) is 0 Å². The van der Waals surface area contributed by atoms with Crippen molar-refractivity contribution in [2.24, 2.45) is 20.5 Å². The van der Waals surface area contributed by atoms with Crippen LogP contribution in [-0.2, 0) is 26.2 Å². The second-order valence-electron chi connectivity index (χ2n) is 12.0. The molecule has 12 nitrogen and oxygen atoms in total. The first-order valence-electron chi connectivity index (χ1n) is 16.7. The van der Waals surface area contributed by atoms with E-state index >= 15 is 0 Å². The van der Waals surface area contributed by atoms with Gasteiger partial charge in [0.1, 0.15) is 11.4 Å². The molecule has 0 unspecified atom stereocenters. The molecule has 4 aromatic rings. The fourth-order valence-electron chi connectivity index (χ4n) is 6.14. The third kappa shape index (κ3) is 7.00. The van der Waals surface area contributed by atoms with Crippen molar-refractivity contribution in [2.45, 2.75) is 94.4 Å². The van der Waals surface area contributed by atoms with Gasteiger partial charge in [-0.15, -0.1) is 9.36 Å². The quantitative estimate of drug-likeness (QED) is 0.141. The molecule has 1 fully saturated rings. The second kappa shape index (κ2) is 14.7. The van der Waals surface area contributed by atoms with Crippen molar-refractivity contribution >= 4 is 34.6 Å². The molecule has 12 heteroatoms. The highest BCUT2D eigenvalue weighted by Gasteiger charge is 2.21. The van der Waals surface area contributed by atoms with Gasteiger partial charge in [-0.2, -0.15) is 0 Å². The van der Waals surface area contributed by atoms with E-state index in [1.54, 1.807) is 0 Å². The van der Waals surface area contributed by atoms with E-state index in [0.29, 0.717) is 0 Å². The molecule has 0 aliphatic carbocycles. The minimum absolute atomic E-state index is 0.757. The van der Waals surface area contributed by atoms with Gasteiger partial charge in [0.15, 0.2) is 0 Å². The summed E-state index contributed by atoms with van der Waals surface area (Å²) in [5, 5.41) is 27.3. The minimum atomic E-state index is 0.757. The van der Waals surface area contributed by atoms with Crippen LogP contribution in [-0.4, -0.2) is 45.7 Å². The van der Waals surface area contributed by atoms with Crippen molar-refractivity contribution in [3.8, 4) is 0 Å². The van der Waals surface area contributed by atoms with Gasteiger partial charge in [-0.05, 0) is 125 Å². The number of azo groups is 2. The Balaban J connectivity index is 1.26. The molecule has 244 valence electrons. The average Bonchev–Trinajstić information content (AvgIpc) is 3.64. The lowest BCUT2D eigenvalue weighted by Gasteiger charge is -2.34. The summed E-state index contributed by atoms with van der Waals surface area (Å²) in [5.74, 6) is 1.54. The van der Waals surface area contributed by atoms with Gasteiger partial charge in [0, 0.05) is 47.8 Å². The zero-order valence-corrected chi connectivity index (χ0v) is 28.9. The summed E-state index contributed by atoms with van der Waals surface area (Å²) in [6, 6.07) is 8.91. The molecule has 1 saturated heterocycles. The van der Waals surface area contributed by atoms with Crippen LogP contribution in [0.3, 0.4) is 0 Å². The summed E-state index contributed by atoms with van der Waals surface area (Å²) in [6.07, 6.45) is 5.80. The molecule has 1 aliphatic rings. The highest BCUT2D eigenvalue weighted by Crippen LogP contribution is 2.33. The largest absolute Gasteiger partial charge is 0.403 e. The Kier molecular flexibility index (Phi) is 10.5. The van der Waals surface area contributed by atoms with E-state index in [0.717, 1.165) is 99.6 Å². The van der Waals surface area contributed by atoms with Crippen LogP contribution in [0.1, 0.15) is 62.8 Å². The molecule has 0 spiro atoms. The Morgan fingerprint density at radius 2 is 0.957 bits per heavy atom. The topological polar surface area (TPSA) is 99.3 Å². The van der Waals surface area contributed by atoms with Crippen molar-refractivity contribution in [3.05, 3.63) is 59.2 Å². The second-order valence-corrected chi connectivity index (χ2v) is 12.0. The minimum Gasteiger partial charge on any atom is -0.371 e. The molecule has 2 aromatic heterocycles. The lowest BCUT2D eigenvalue weighted by atomic mass is 10.0. The van der Waals surface area contributed by atoms with E-state index in [4.69, 9.17) is 0 Å². The van der Waals surface area contributed by atoms with Gasteiger partial charge >= 0.3 is 11.9 Å². The molecule has 0 atom stereocenters. The number of hydrogen-bond donors (Lipinski definition) is 0. The average molecular weight is 627 g/mol. The molecule has 0 N–H and O–H groups in total. The fourth-order valence-corrected chi connectivity index (χ4v) is 6.14. The maximum atomic E-state index is 4.65. The first-order valence-corrected chi connectivity index (χ1v) is 16.7. The summed E-state index contributed by atoms with van der Waals surface area (Å²) >= 11 is 0.